The minimum Gasteiger partial charge on any atom is -0.367 e. The first-order valence-corrected chi connectivity index (χ1v) is 8.80. The highest BCUT2D eigenvalue weighted by atomic mass is 32.1. The van der Waals surface area contributed by atoms with E-state index >= 15 is 0 Å². The highest BCUT2D eigenvalue weighted by molar-refractivity contribution is 7.07. The van der Waals surface area contributed by atoms with Gasteiger partial charge in [0.2, 0.25) is 5.91 Å². The standard InChI is InChI=1S/C16H26N2O2S/c1-13-10-18(16(19)6-4-2-3-5-8-17)11-15(20-13)14-7-9-21-12-14/h7,9,12-13,15H,2-6,8,10-11,17H2,1H3. The first-order chi connectivity index (χ1) is 10.2. The maximum atomic E-state index is 12.3. The monoisotopic (exact) mass is 310 g/mol. The van der Waals surface area contributed by atoms with Crippen molar-refractivity contribution in [2.75, 3.05) is 19.6 Å². The van der Waals surface area contributed by atoms with Crippen LogP contribution in [0.2, 0.25) is 0 Å². The molecule has 1 amide bonds. The van der Waals surface area contributed by atoms with Gasteiger partial charge in [-0.15, -0.1) is 0 Å². The normalized spacial score (nSPS) is 22.5. The molecule has 1 fully saturated rings. The van der Waals surface area contributed by atoms with Crippen LogP contribution >= 0.6 is 11.3 Å². The van der Waals surface area contributed by atoms with E-state index in [9.17, 15) is 4.79 Å². The van der Waals surface area contributed by atoms with Crippen molar-refractivity contribution in [3.05, 3.63) is 22.4 Å². The SMILES string of the molecule is CC1CN(C(=O)CCCCCCN)CC(c2ccsc2)O1. The van der Waals surface area contributed by atoms with Crippen molar-refractivity contribution in [2.24, 2.45) is 5.73 Å². The Balaban J connectivity index is 1.80. The minimum absolute atomic E-state index is 0.0289. The third-order valence-corrected chi connectivity index (χ3v) is 4.57. The predicted molar refractivity (Wildman–Crippen MR) is 86.3 cm³/mol. The van der Waals surface area contributed by atoms with Gasteiger partial charge in [0.1, 0.15) is 6.10 Å². The molecule has 1 aromatic rings. The molecule has 1 aliphatic heterocycles. The largest absolute Gasteiger partial charge is 0.367 e. The van der Waals surface area contributed by atoms with Crippen LogP contribution in [-0.2, 0) is 9.53 Å². The fraction of sp³-hybridized carbons (Fsp3) is 0.688. The van der Waals surface area contributed by atoms with E-state index in [4.69, 9.17) is 10.5 Å². The van der Waals surface area contributed by atoms with Crippen LogP contribution in [0.1, 0.15) is 50.7 Å². The predicted octanol–water partition coefficient (Wildman–Crippen LogP) is 2.95. The van der Waals surface area contributed by atoms with Crippen LogP contribution in [0.25, 0.3) is 0 Å². The molecular formula is C16H26N2O2S. The maximum absolute atomic E-state index is 12.3. The molecule has 0 aliphatic carbocycles. The number of carbonyl (C=O) groups is 1. The van der Waals surface area contributed by atoms with Crippen LogP contribution in [0.5, 0.6) is 0 Å². The van der Waals surface area contributed by atoms with Crippen molar-refractivity contribution in [3.8, 4) is 0 Å². The molecule has 2 N–H and O–H groups in total. The summed E-state index contributed by atoms with van der Waals surface area (Å²) in [5.74, 6) is 0.262. The summed E-state index contributed by atoms with van der Waals surface area (Å²) in [5, 5.41) is 4.17. The zero-order chi connectivity index (χ0) is 15.1. The van der Waals surface area contributed by atoms with Crippen molar-refractivity contribution < 1.29 is 9.53 Å². The highest BCUT2D eigenvalue weighted by Crippen LogP contribution is 2.27. The van der Waals surface area contributed by atoms with E-state index in [1.807, 2.05) is 11.8 Å². The lowest BCUT2D eigenvalue weighted by Gasteiger charge is -2.36. The van der Waals surface area contributed by atoms with Gasteiger partial charge in [-0.05, 0) is 48.7 Å². The van der Waals surface area contributed by atoms with Gasteiger partial charge in [-0.1, -0.05) is 12.8 Å². The molecule has 21 heavy (non-hydrogen) atoms. The van der Waals surface area contributed by atoms with Gasteiger partial charge < -0.3 is 15.4 Å². The van der Waals surface area contributed by atoms with Crippen molar-refractivity contribution in [3.63, 3.8) is 0 Å². The van der Waals surface area contributed by atoms with Gasteiger partial charge in [0.05, 0.1) is 12.6 Å². The molecular weight excluding hydrogens is 284 g/mol. The van der Waals surface area contributed by atoms with E-state index in [1.54, 1.807) is 11.3 Å². The maximum Gasteiger partial charge on any atom is 0.222 e. The lowest BCUT2D eigenvalue weighted by molar-refractivity contribution is -0.145. The number of ether oxygens (including phenoxy) is 1. The number of morpholine rings is 1. The number of rotatable bonds is 7. The van der Waals surface area contributed by atoms with Crippen molar-refractivity contribution in [1.29, 1.82) is 0 Å². The Hall–Kier alpha value is -0.910. The van der Waals surface area contributed by atoms with Gasteiger partial charge in [0.25, 0.3) is 0 Å². The number of unbranched alkanes of at least 4 members (excludes halogenated alkanes) is 3. The Labute approximate surface area is 131 Å². The molecule has 2 rings (SSSR count). The third kappa shape index (κ3) is 5.09. The summed E-state index contributed by atoms with van der Waals surface area (Å²) in [7, 11) is 0. The number of hydrogen-bond acceptors (Lipinski definition) is 4. The third-order valence-electron chi connectivity index (χ3n) is 3.87. The van der Waals surface area contributed by atoms with Gasteiger partial charge in [-0.25, -0.2) is 0 Å². The van der Waals surface area contributed by atoms with Crippen molar-refractivity contribution >= 4 is 17.2 Å². The Kier molecular flexibility index (Phi) is 6.67. The lowest BCUT2D eigenvalue weighted by atomic mass is 10.1. The summed E-state index contributed by atoms with van der Waals surface area (Å²) in [4.78, 5) is 14.3. The van der Waals surface area contributed by atoms with Crippen LogP contribution in [-0.4, -0.2) is 36.5 Å². The number of nitrogens with zero attached hydrogens (tertiary/aromatic N) is 1. The number of nitrogens with two attached hydrogens (primary N) is 1. The van der Waals surface area contributed by atoms with E-state index in [0.717, 1.165) is 32.2 Å². The zero-order valence-electron chi connectivity index (χ0n) is 12.8. The molecule has 1 aliphatic rings. The van der Waals surface area contributed by atoms with Crippen molar-refractivity contribution in [2.45, 2.75) is 51.2 Å². The van der Waals surface area contributed by atoms with Crippen LogP contribution in [0.3, 0.4) is 0 Å². The lowest BCUT2D eigenvalue weighted by Crippen LogP contribution is -2.45. The second-order valence-corrected chi connectivity index (χ2v) is 6.52. The van der Waals surface area contributed by atoms with E-state index in [1.165, 1.54) is 5.56 Å². The molecule has 0 saturated carbocycles. The quantitative estimate of drug-likeness (QED) is 0.788. The highest BCUT2D eigenvalue weighted by Gasteiger charge is 2.29. The van der Waals surface area contributed by atoms with Gasteiger partial charge in [-0.3, -0.25) is 4.79 Å². The summed E-state index contributed by atoms with van der Waals surface area (Å²) < 4.78 is 5.97. The Morgan fingerprint density at radius 1 is 1.38 bits per heavy atom. The molecule has 118 valence electrons. The van der Waals surface area contributed by atoms with Crippen LogP contribution < -0.4 is 5.73 Å². The summed E-state index contributed by atoms with van der Waals surface area (Å²) >= 11 is 1.67. The molecule has 0 bridgehead atoms. The summed E-state index contributed by atoms with van der Waals surface area (Å²) in [6.07, 6.45) is 5.02. The molecule has 2 unspecified atom stereocenters. The molecule has 0 spiro atoms. The minimum atomic E-state index is 0.0289. The number of amides is 1. The van der Waals surface area contributed by atoms with Gasteiger partial charge in [0, 0.05) is 13.0 Å². The van der Waals surface area contributed by atoms with E-state index in [2.05, 4.69) is 16.8 Å². The first kappa shape index (κ1) is 16.5. The Bertz CT molecular complexity index is 422. The number of thiophene rings is 1. The topological polar surface area (TPSA) is 55.6 Å². The Morgan fingerprint density at radius 2 is 2.19 bits per heavy atom. The van der Waals surface area contributed by atoms with Crippen LogP contribution in [0.15, 0.2) is 16.8 Å². The average molecular weight is 310 g/mol. The fourth-order valence-electron chi connectivity index (χ4n) is 2.73. The summed E-state index contributed by atoms with van der Waals surface area (Å²) in [6, 6.07) is 2.09. The number of hydrogen-bond donors (Lipinski definition) is 1. The van der Waals surface area contributed by atoms with Crippen molar-refractivity contribution in [1.82, 2.24) is 4.90 Å². The Morgan fingerprint density at radius 3 is 2.90 bits per heavy atom. The van der Waals surface area contributed by atoms with E-state index < -0.39 is 0 Å². The van der Waals surface area contributed by atoms with Gasteiger partial charge in [0.15, 0.2) is 0 Å². The van der Waals surface area contributed by atoms with E-state index in [0.29, 0.717) is 19.5 Å². The summed E-state index contributed by atoms with van der Waals surface area (Å²) in [6.45, 7) is 4.18. The van der Waals surface area contributed by atoms with Crippen LogP contribution in [0.4, 0.5) is 0 Å². The molecule has 0 aromatic carbocycles. The molecule has 2 heterocycles. The van der Waals surface area contributed by atoms with Gasteiger partial charge >= 0.3 is 0 Å². The molecule has 2 atom stereocenters. The molecule has 1 saturated heterocycles. The molecule has 4 nitrogen and oxygen atoms in total. The van der Waals surface area contributed by atoms with E-state index in [-0.39, 0.29) is 18.1 Å². The second-order valence-electron chi connectivity index (χ2n) is 5.74. The molecule has 5 heteroatoms. The molecule has 0 radical (unpaired) electrons. The van der Waals surface area contributed by atoms with Gasteiger partial charge in [-0.2, -0.15) is 11.3 Å². The smallest absolute Gasteiger partial charge is 0.222 e. The molecule has 1 aromatic heterocycles. The average Bonchev–Trinajstić information content (AvgIpc) is 3.00. The zero-order valence-corrected chi connectivity index (χ0v) is 13.6. The summed E-state index contributed by atoms with van der Waals surface area (Å²) in [5.41, 5.74) is 6.66. The van der Waals surface area contributed by atoms with Crippen LogP contribution in [0, 0.1) is 0 Å². The fourth-order valence-corrected chi connectivity index (χ4v) is 3.43. The second kappa shape index (κ2) is 8.51. The number of carbonyl (C=O) groups excluding carboxylic acids is 1. The first-order valence-electron chi connectivity index (χ1n) is 7.86.